The Morgan fingerprint density at radius 1 is 0.381 bits per heavy atom. The zero-order valence-electron chi connectivity index (χ0n) is 12.2. The Kier molecular flexibility index (Phi) is 20.7. The summed E-state index contributed by atoms with van der Waals surface area (Å²) in [6.07, 6.45) is 6.60. The molecule has 0 aromatic heterocycles. The molecule has 3 heterocycles. The third-order valence-electron chi connectivity index (χ3n) is 3.20. The van der Waals surface area contributed by atoms with Crippen LogP contribution in [0.4, 0.5) is 0 Å². The Bertz CT molecular complexity index is 246. The molecule has 0 saturated carbocycles. The molecule has 0 N–H and O–H groups in total. The van der Waals surface area contributed by atoms with Crippen LogP contribution >= 0.6 is 0 Å². The Morgan fingerprint density at radius 2 is 0.524 bits per heavy atom. The summed E-state index contributed by atoms with van der Waals surface area (Å²) in [5.74, 6) is 0. The fourth-order valence-corrected chi connectivity index (χ4v) is 2.06. The lowest BCUT2D eigenvalue weighted by atomic mass is 10.4. The highest BCUT2D eigenvalue weighted by Crippen LogP contribution is 1.99. The smallest absolute Gasteiger partial charge is 0.192 e. The van der Waals surface area contributed by atoms with Crippen LogP contribution in [0.15, 0.2) is 0 Å². The monoisotopic (exact) mass is 495 g/mol. The molecule has 3 saturated heterocycles. The van der Waals surface area contributed by atoms with Gasteiger partial charge in [0.1, 0.15) is 0 Å². The molecule has 126 valence electrons. The minimum atomic E-state index is 0. The molecule has 0 bridgehead atoms. The van der Waals surface area contributed by atoms with Crippen molar-refractivity contribution in [1.29, 1.82) is 0 Å². The van der Waals surface area contributed by atoms with E-state index in [1.807, 2.05) is 0 Å². The molecular formula is C12H24Br3N3O3. The summed E-state index contributed by atoms with van der Waals surface area (Å²) in [6, 6.07) is 0. The van der Waals surface area contributed by atoms with Crippen molar-refractivity contribution >= 4 is 0 Å². The van der Waals surface area contributed by atoms with Gasteiger partial charge >= 0.3 is 0 Å². The van der Waals surface area contributed by atoms with Crippen molar-refractivity contribution in [2.45, 2.75) is 38.5 Å². The average molecular weight is 498 g/mol. The number of halogens is 3. The maximum Gasteiger partial charge on any atom is 0.192 e. The summed E-state index contributed by atoms with van der Waals surface area (Å²) >= 11 is 0. The van der Waals surface area contributed by atoms with Crippen molar-refractivity contribution in [3.05, 3.63) is 14.7 Å². The van der Waals surface area contributed by atoms with Gasteiger partial charge in [-0.3, -0.25) is 0 Å². The zero-order valence-corrected chi connectivity index (χ0v) is 16.9. The van der Waals surface area contributed by atoms with Crippen LogP contribution in [0, 0.1) is 14.7 Å². The normalized spacial score (nSPS) is 19.1. The van der Waals surface area contributed by atoms with E-state index in [4.69, 9.17) is 0 Å². The third-order valence-corrected chi connectivity index (χ3v) is 3.20. The lowest BCUT2D eigenvalue weighted by molar-refractivity contribution is -0.527. The topological polar surface area (TPSA) is 60.2 Å². The van der Waals surface area contributed by atoms with Gasteiger partial charge in [0, 0.05) is 53.2 Å². The van der Waals surface area contributed by atoms with Crippen LogP contribution < -0.4 is 50.9 Å². The van der Waals surface area contributed by atoms with E-state index in [1.165, 1.54) is 0 Å². The van der Waals surface area contributed by atoms with Crippen LogP contribution in [0.2, 0.25) is 0 Å². The van der Waals surface area contributed by atoms with Gasteiger partial charge in [0.25, 0.3) is 0 Å². The van der Waals surface area contributed by atoms with Gasteiger partial charge in [0.05, 0.1) is 0 Å². The van der Waals surface area contributed by atoms with Gasteiger partial charge < -0.3 is 50.9 Å². The molecule has 0 amide bonds. The van der Waals surface area contributed by atoms with Crippen LogP contribution in [0.5, 0.6) is 0 Å². The number of hydrogen-bond acceptors (Lipinski definition) is 3. The fourth-order valence-electron chi connectivity index (χ4n) is 2.06. The molecule has 21 heavy (non-hydrogen) atoms. The van der Waals surface area contributed by atoms with E-state index in [9.17, 15) is 14.7 Å². The van der Waals surface area contributed by atoms with Crippen molar-refractivity contribution in [1.82, 2.24) is 0 Å². The summed E-state index contributed by atoms with van der Waals surface area (Å²) < 4.78 is 3.33. The van der Waals surface area contributed by atoms with E-state index in [0.29, 0.717) is 0 Å². The van der Waals surface area contributed by atoms with Crippen LogP contribution in [0.25, 0.3) is 0 Å². The summed E-state index contributed by atoms with van der Waals surface area (Å²) in [5.41, 5.74) is 0. The minimum Gasteiger partial charge on any atom is -1.00 e. The Morgan fingerprint density at radius 3 is 0.571 bits per heavy atom. The molecular weight excluding hydrogens is 474 g/mol. The second-order valence-corrected chi connectivity index (χ2v) is 4.91. The van der Waals surface area contributed by atoms with Gasteiger partial charge in [-0.15, -0.1) is 0 Å². The number of nitroso groups, excluding NO2 is 3. The van der Waals surface area contributed by atoms with Crippen molar-refractivity contribution < 1.29 is 65.2 Å². The van der Waals surface area contributed by atoms with Gasteiger partial charge in [-0.2, -0.15) is 0 Å². The highest BCUT2D eigenvalue weighted by atomic mass is 79.9. The lowest BCUT2D eigenvalue weighted by Crippen LogP contribution is -3.00. The first kappa shape index (κ1) is 26.2. The van der Waals surface area contributed by atoms with Gasteiger partial charge in [-0.05, 0) is 14.3 Å². The maximum absolute atomic E-state index is 10.2. The molecule has 0 unspecified atom stereocenters. The van der Waals surface area contributed by atoms with Crippen LogP contribution in [-0.2, 0) is 0 Å². The standard InChI is InChI=1S/3C4H8NO.3BrH/c3*6-5-3-1-2-4-5;;;/h3*1-4H2;3*1H/q3*+1;;;/p-3. The van der Waals surface area contributed by atoms with Crippen molar-refractivity contribution in [3.63, 3.8) is 0 Å². The number of nitrogens with zero attached hydrogens (tertiary/aromatic N) is 3. The van der Waals surface area contributed by atoms with Crippen molar-refractivity contribution in [2.75, 3.05) is 39.3 Å². The molecule has 3 aliphatic heterocycles. The molecule has 3 aliphatic rings. The summed E-state index contributed by atoms with van der Waals surface area (Å²) in [6.45, 7) is 4.58. The van der Waals surface area contributed by atoms with E-state index >= 15 is 0 Å². The second-order valence-electron chi connectivity index (χ2n) is 4.91. The van der Waals surface area contributed by atoms with E-state index in [2.05, 4.69) is 0 Å². The minimum absolute atomic E-state index is 0. The molecule has 0 aliphatic carbocycles. The van der Waals surface area contributed by atoms with Crippen LogP contribution in [-0.4, -0.2) is 53.5 Å². The van der Waals surface area contributed by atoms with Crippen LogP contribution in [0.1, 0.15) is 38.5 Å². The van der Waals surface area contributed by atoms with E-state index in [1.54, 1.807) is 0 Å². The van der Waals surface area contributed by atoms with E-state index in [-0.39, 0.29) is 50.9 Å². The highest BCUT2D eigenvalue weighted by molar-refractivity contribution is 4.42. The second kappa shape index (κ2) is 16.6. The Hall–Kier alpha value is 0.240. The molecule has 0 aromatic carbocycles. The van der Waals surface area contributed by atoms with Gasteiger partial charge in [-0.1, -0.05) is 0 Å². The molecule has 0 radical (unpaired) electrons. The predicted octanol–water partition coefficient (Wildman–Crippen LogP) is -7.31. The van der Waals surface area contributed by atoms with E-state index < -0.39 is 0 Å². The maximum atomic E-state index is 10.2. The lowest BCUT2D eigenvalue weighted by Gasteiger charge is -1.66. The Labute approximate surface area is 157 Å². The summed E-state index contributed by atoms with van der Waals surface area (Å²) in [7, 11) is 0. The first-order chi connectivity index (χ1) is 8.68. The Balaban J connectivity index is -0.000000216. The average Bonchev–Trinajstić information content (AvgIpc) is 3.05. The largest absolute Gasteiger partial charge is 1.00 e. The molecule has 3 fully saturated rings. The fraction of sp³-hybridized carbons (Fsp3) is 1.00. The van der Waals surface area contributed by atoms with Crippen molar-refractivity contribution in [2.24, 2.45) is 0 Å². The molecule has 0 aromatic rings. The number of hydrogen-bond donors (Lipinski definition) is 0. The molecule has 9 heteroatoms. The van der Waals surface area contributed by atoms with Crippen LogP contribution in [0.3, 0.4) is 0 Å². The molecule has 3 rings (SSSR count). The third kappa shape index (κ3) is 14.9. The first-order valence-corrected chi connectivity index (χ1v) is 6.95. The van der Waals surface area contributed by atoms with Gasteiger partial charge in [0.15, 0.2) is 39.3 Å². The quantitative estimate of drug-likeness (QED) is 0.313. The molecule has 0 atom stereocenters. The SMILES string of the molecule is O=[N+]1CCCC1.O=[N+]1CCCC1.O=[N+]1CCCC1.[Br-].[Br-].[Br-]. The van der Waals surface area contributed by atoms with Gasteiger partial charge in [0.2, 0.25) is 0 Å². The van der Waals surface area contributed by atoms with Crippen molar-refractivity contribution in [3.8, 4) is 0 Å². The predicted molar refractivity (Wildman–Crippen MR) is 67.8 cm³/mol. The number of rotatable bonds is 0. The summed E-state index contributed by atoms with van der Waals surface area (Å²) in [5, 5.41) is 0. The first-order valence-electron chi connectivity index (χ1n) is 6.95. The molecule has 6 nitrogen and oxygen atoms in total. The zero-order chi connectivity index (χ0) is 13.2. The molecule has 0 spiro atoms. The van der Waals surface area contributed by atoms with Gasteiger partial charge in [-0.25, -0.2) is 0 Å². The van der Waals surface area contributed by atoms with E-state index in [0.717, 1.165) is 92.1 Å². The summed E-state index contributed by atoms with van der Waals surface area (Å²) in [4.78, 5) is 30.5. The highest BCUT2D eigenvalue weighted by Gasteiger charge is 2.15.